The van der Waals surface area contributed by atoms with E-state index in [4.69, 9.17) is 11.6 Å². The second kappa shape index (κ2) is 10.0. The highest BCUT2D eigenvalue weighted by molar-refractivity contribution is 8.15. The third kappa shape index (κ3) is 5.78. The van der Waals surface area contributed by atoms with Crippen molar-refractivity contribution in [3.05, 3.63) is 70.8 Å². The van der Waals surface area contributed by atoms with Gasteiger partial charge in [-0.05, 0) is 43.2 Å². The molecule has 1 atom stereocenters. The average molecular weight is 496 g/mol. The standard InChI is InChI=1S/C23H21ClF3N3O2S/c1-4-10-30-21(32)18(33-22(30)29-20-13(2)6-5-7-14(20)3)12-19(31)28-17-11-15(23(25,26)27)8-9-16(17)24/h4-9,11,18H,1,10,12H2,2-3H3,(H,28,31)/t18-/m1/s1. The Labute approximate surface area is 198 Å². The minimum atomic E-state index is -4.58. The number of para-hydroxylation sites is 1. The van der Waals surface area contributed by atoms with E-state index in [9.17, 15) is 22.8 Å². The molecule has 2 aromatic rings. The molecule has 10 heteroatoms. The third-order valence-corrected chi connectivity index (χ3v) is 6.42. The second-order valence-electron chi connectivity index (χ2n) is 7.42. The molecular formula is C23H21ClF3N3O2S. The highest BCUT2D eigenvalue weighted by atomic mass is 35.5. The molecular weight excluding hydrogens is 475 g/mol. The van der Waals surface area contributed by atoms with Crippen molar-refractivity contribution in [2.75, 3.05) is 11.9 Å². The van der Waals surface area contributed by atoms with E-state index in [0.29, 0.717) is 5.17 Å². The lowest BCUT2D eigenvalue weighted by atomic mass is 10.1. The van der Waals surface area contributed by atoms with Gasteiger partial charge in [-0.3, -0.25) is 14.5 Å². The Kier molecular flexibility index (Phi) is 7.54. The number of hydrogen-bond donors (Lipinski definition) is 1. The van der Waals surface area contributed by atoms with Gasteiger partial charge in [0.05, 0.1) is 22.0 Å². The first-order valence-electron chi connectivity index (χ1n) is 9.91. The van der Waals surface area contributed by atoms with E-state index >= 15 is 0 Å². The first-order chi connectivity index (χ1) is 15.5. The van der Waals surface area contributed by atoms with Gasteiger partial charge in [-0.25, -0.2) is 4.99 Å². The topological polar surface area (TPSA) is 61.8 Å². The molecule has 1 fully saturated rings. The number of alkyl halides is 3. The lowest BCUT2D eigenvalue weighted by Crippen LogP contribution is -2.33. The highest BCUT2D eigenvalue weighted by Gasteiger charge is 2.39. The van der Waals surface area contributed by atoms with Gasteiger partial charge in [0.2, 0.25) is 11.8 Å². The van der Waals surface area contributed by atoms with Gasteiger partial charge in [0.1, 0.15) is 5.25 Å². The quantitative estimate of drug-likeness (QED) is 0.491. The van der Waals surface area contributed by atoms with Crippen LogP contribution < -0.4 is 5.32 Å². The van der Waals surface area contributed by atoms with Crippen molar-refractivity contribution < 1.29 is 22.8 Å². The van der Waals surface area contributed by atoms with E-state index in [0.717, 1.165) is 46.8 Å². The number of thioether (sulfide) groups is 1. The van der Waals surface area contributed by atoms with E-state index in [1.807, 2.05) is 32.0 Å². The molecule has 0 saturated carbocycles. The Balaban J connectivity index is 1.80. The van der Waals surface area contributed by atoms with Crippen molar-refractivity contribution in [1.82, 2.24) is 4.90 Å². The Hall–Kier alpha value is -2.78. The lowest BCUT2D eigenvalue weighted by Gasteiger charge is -2.15. The Bertz CT molecular complexity index is 1110. The molecule has 1 N–H and O–H groups in total. The Morgan fingerprint density at radius 3 is 2.55 bits per heavy atom. The number of benzene rings is 2. The van der Waals surface area contributed by atoms with Gasteiger partial charge in [0.15, 0.2) is 5.17 Å². The maximum absolute atomic E-state index is 13.0. The molecule has 1 saturated heterocycles. The Morgan fingerprint density at radius 2 is 1.94 bits per heavy atom. The van der Waals surface area contributed by atoms with E-state index in [1.54, 1.807) is 6.08 Å². The van der Waals surface area contributed by atoms with Crippen LogP contribution in [0.25, 0.3) is 0 Å². The van der Waals surface area contributed by atoms with Crippen LogP contribution in [0.4, 0.5) is 24.5 Å². The molecule has 0 aliphatic carbocycles. The van der Waals surface area contributed by atoms with Crippen LogP contribution in [0.5, 0.6) is 0 Å². The zero-order valence-electron chi connectivity index (χ0n) is 17.9. The number of rotatable bonds is 6. The minimum Gasteiger partial charge on any atom is -0.325 e. The number of hydrogen-bond acceptors (Lipinski definition) is 4. The smallest absolute Gasteiger partial charge is 0.325 e. The van der Waals surface area contributed by atoms with Gasteiger partial charge >= 0.3 is 6.18 Å². The second-order valence-corrected chi connectivity index (χ2v) is 9.00. The lowest BCUT2D eigenvalue weighted by molar-refractivity contribution is -0.137. The van der Waals surface area contributed by atoms with Gasteiger partial charge in [0, 0.05) is 13.0 Å². The van der Waals surface area contributed by atoms with Crippen molar-refractivity contribution >= 4 is 51.7 Å². The maximum atomic E-state index is 13.0. The molecule has 174 valence electrons. The van der Waals surface area contributed by atoms with E-state index < -0.39 is 22.9 Å². The van der Waals surface area contributed by atoms with Crippen molar-refractivity contribution in [2.24, 2.45) is 4.99 Å². The molecule has 1 heterocycles. The normalized spacial score (nSPS) is 17.5. The van der Waals surface area contributed by atoms with Crippen LogP contribution >= 0.6 is 23.4 Å². The van der Waals surface area contributed by atoms with Crippen molar-refractivity contribution in [3.63, 3.8) is 0 Å². The summed E-state index contributed by atoms with van der Waals surface area (Å²) >= 11 is 7.08. The molecule has 3 rings (SSSR count). The summed E-state index contributed by atoms with van der Waals surface area (Å²) in [5.41, 5.74) is 1.51. The molecule has 0 bridgehead atoms. The van der Waals surface area contributed by atoms with Gasteiger partial charge in [-0.2, -0.15) is 13.2 Å². The monoisotopic (exact) mass is 495 g/mol. The van der Waals surface area contributed by atoms with Gasteiger partial charge in [-0.1, -0.05) is 47.6 Å². The van der Waals surface area contributed by atoms with Crippen LogP contribution in [0.1, 0.15) is 23.1 Å². The summed E-state index contributed by atoms with van der Waals surface area (Å²) in [6, 6.07) is 8.40. The number of anilines is 1. The third-order valence-electron chi connectivity index (χ3n) is 4.92. The molecule has 0 unspecified atom stereocenters. The van der Waals surface area contributed by atoms with Gasteiger partial charge in [0.25, 0.3) is 0 Å². The zero-order chi connectivity index (χ0) is 24.3. The maximum Gasteiger partial charge on any atom is 0.416 e. The van der Waals surface area contributed by atoms with Crippen LogP contribution in [0.3, 0.4) is 0 Å². The number of aryl methyl sites for hydroxylation is 2. The summed E-state index contributed by atoms with van der Waals surface area (Å²) in [7, 11) is 0. The highest BCUT2D eigenvalue weighted by Crippen LogP contribution is 2.36. The molecule has 1 aliphatic heterocycles. The molecule has 0 spiro atoms. The molecule has 2 amide bonds. The first-order valence-corrected chi connectivity index (χ1v) is 11.2. The van der Waals surface area contributed by atoms with Crippen LogP contribution in [0.15, 0.2) is 54.0 Å². The first kappa shape index (κ1) is 24.9. The number of amides is 2. The Morgan fingerprint density at radius 1 is 1.27 bits per heavy atom. The summed E-state index contributed by atoms with van der Waals surface area (Å²) in [5.74, 6) is -0.955. The number of carbonyl (C=O) groups excluding carboxylic acids is 2. The average Bonchev–Trinajstić information content (AvgIpc) is 3.00. The van der Waals surface area contributed by atoms with Crippen LogP contribution in [0.2, 0.25) is 5.02 Å². The summed E-state index contributed by atoms with van der Waals surface area (Å²) in [5, 5.41) is 2.01. The van der Waals surface area contributed by atoms with Gasteiger partial charge in [-0.15, -0.1) is 6.58 Å². The van der Waals surface area contributed by atoms with E-state index in [2.05, 4.69) is 16.9 Å². The molecule has 1 aliphatic rings. The number of aliphatic imine (C=N–C) groups is 1. The fraction of sp³-hybridized carbons (Fsp3) is 0.261. The molecule has 0 aromatic heterocycles. The predicted molar refractivity (Wildman–Crippen MR) is 126 cm³/mol. The van der Waals surface area contributed by atoms with Gasteiger partial charge < -0.3 is 5.32 Å². The summed E-state index contributed by atoms with van der Waals surface area (Å²) in [6.07, 6.45) is -3.27. The van der Waals surface area contributed by atoms with Crippen LogP contribution in [-0.4, -0.2) is 33.7 Å². The number of halogens is 4. The number of nitrogens with one attached hydrogen (secondary N) is 1. The van der Waals surface area contributed by atoms with Crippen molar-refractivity contribution in [2.45, 2.75) is 31.7 Å². The van der Waals surface area contributed by atoms with Crippen LogP contribution in [0, 0.1) is 13.8 Å². The number of amidine groups is 1. The largest absolute Gasteiger partial charge is 0.416 e. The van der Waals surface area contributed by atoms with E-state index in [-0.39, 0.29) is 29.6 Å². The fourth-order valence-corrected chi connectivity index (χ4v) is 4.58. The zero-order valence-corrected chi connectivity index (χ0v) is 19.4. The van der Waals surface area contributed by atoms with Crippen LogP contribution in [-0.2, 0) is 15.8 Å². The molecule has 33 heavy (non-hydrogen) atoms. The molecule has 2 aromatic carbocycles. The fourth-order valence-electron chi connectivity index (χ4n) is 3.27. The SMILES string of the molecule is C=CCN1C(=O)[C@@H](CC(=O)Nc2cc(C(F)(F)F)ccc2Cl)SC1=Nc1c(C)cccc1C. The predicted octanol–water partition coefficient (Wildman–Crippen LogP) is 6.12. The minimum absolute atomic E-state index is 0.0349. The van der Waals surface area contributed by atoms with Crippen molar-refractivity contribution in [3.8, 4) is 0 Å². The van der Waals surface area contributed by atoms with E-state index in [1.165, 1.54) is 4.90 Å². The summed E-state index contributed by atoms with van der Waals surface area (Å²) < 4.78 is 38.9. The number of carbonyl (C=O) groups is 2. The number of nitrogens with zero attached hydrogens (tertiary/aromatic N) is 2. The summed E-state index contributed by atoms with van der Waals surface area (Å²) in [4.78, 5) is 31.6. The molecule has 5 nitrogen and oxygen atoms in total. The summed E-state index contributed by atoms with van der Waals surface area (Å²) in [6.45, 7) is 7.71. The van der Waals surface area contributed by atoms with Crippen molar-refractivity contribution in [1.29, 1.82) is 0 Å². The molecule has 0 radical (unpaired) electrons.